The van der Waals surface area contributed by atoms with Crippen molar-refractivity contribution in [1.29, 1.82) is 0 Å². The second kappa shape index (κ2) is 10.0. The Hall–Kier alpha value is -3.46. The molecule has 1 fully saturated rings. The van der Waals surface area contributed by atoms with E-state index in [9.17, 15) is 4.79 Å². The molecule has 4 aromatic rings. The van der Waals surface area contributed by atoms with Gasteiger partial charge in [0, 0.05) is 29.9 Å². The number of piperidine rings is 1. The lowest BCUT2D eigenvalue weighted by Gasteiger charge is -2.34. The van der Waals surface area contributed by atoms with Gasteiger partial charge in [-0.15, -0.1) is 0 Å². The number of amides is 1. The lowest BCUT2D eigenvalue weighted by molar-refractivity contribution is -0.135. The highest BCUT2D eigenvalue weighted by Gasteiger charge is 2.30. The maximum Gasteiger partial charge on any atom is 0.226 e. The smallest absolute Gasteiger partial charge is 0.226 e. The Morgan fingerprint density at radius 2 is 1.89 bits per heavy atom. The van der Waals surface area contributed by atoms with Gasteiger partial charge < -0.3 is 15.4 Å². The van der Waals surface area contributed by atoms with Crippen molar-refractivity contribution in [2.24, 2.45) is 5.92 Å². The number of alkyl halides is 1. The van der Waals surface area contributed by atoms with Gasteiger partial charge in [-0.1, -0.05) is 41.1 Å². The zero-order valence-electron chi connectivity index (χ0n) is 19.5. The first-order valence-electron chi connectivity index (χ1n) is 11.7. The molecule has 0 spiro atoms. The zero-order chi connectivity index (χ0) is 24.4. The quantitative estimate of drug-likeness (QED) is 0.347. The molecule has 3 heterocycles. The Morgan fingerprint density at radius 1 is 1.14 bits per heavy atom. The number of ether oxygens (including phenoxy) is 1. The number of anilines is 1. The summed E-state index contributed by atoms with van der Waals surface area (Å²) in [6.45, 7) is 3.31. The van der Waals surface area contributed by atoms with Gasteiger partial charge >= 0.3 is 0 Å². The van der Waals surface area contributed by atoms with Crippen LogP contribution < -0.4 is 10.5 Å². The summed E-state index contributed by atoms with van der Waals surface area (Å²) < 4.78 is 7.85. The standard InChI is InChI=1S/C26H27BrN6O2/c1-17(14-27)26(34)32-13-5-6-19(15-32)33-25-22(24(28)29-16-30-25)23(31-33)18-9-11-21(12-10-18)35-20-7-3-2-4-8-20/h2-4,7-12,16-17,19H,5-6,13-15H2,1H3,(H2,28,29,30)/t17?,19-/m1/s1. The summed E-state index contributed by atoms with van der Waals surface area (Å²) in [5.74, 6) is 1.99. The van der Waals surface area contributed by atoms with Crippen LogP contribution in [-0.2, 0) is 4.79 Å². The average molecular weight is 535 g/mol. The van der Waals surface area contributed by atoms with Gasteiger partial charge in [-0.2, -0.15) is 5.10 Å². The molecule has 5 rings (SSSR count). The lowest BCUT2D eigenvalue weighted by atomic mass is 10.0. The molecule has 2 aromatic heterocycles. The molecule has 2 aromatic carbocycles. The summed E-state index contributed by atoms with van der Waals surface area (Å²) in [7, 11) is 0. The number of rotatable bonds is 6. The predicted octanol–water partition coefficient (Wildman–Crippen LogP) is 5.06. The number of likely N-dealkylation sites (tertiary alicyclic amines) is 1. The first kappa shape index (κ1) is 23.3. The molecule has 2 N–H and O–H groups in total. The molecule has 35 heavy (non-hydrogen) atoms. The highest BCUT2D eigenvalue weighted by Crippen LogP contribution is 2.35. The van der Waals surface area contributed by atoms with Crippen molar-refractivity contribution in [2.45, 2.75) is 25.8 Å². The number of hydrogen-bond acceptors (Lipinski definition) is 6. The van der Waals surface area contributed by atoms with E-state index in [2.05, 4.69) is 25.9 Å². The number of hydrogen-bond donors (Lipinski definition) is 1. The maximum atomic E-state index is 12.8. The van der Waals surface area contributed by atoms with Crippen molar-refractivity contribution in [3.05, 3.63) is 60.9 Å². The van der Waals surface area contributed by atoms with E-state index in [1.165, 1.54) is 6.33 Å². The fourth-order valence-corrected chi connectivity index (χ4v) is 4.77. The molecular formula is C26H27BrN6O2. The number of nitrogens with zero attached hydrogens (tertiary/aromatic N) is 5. The van der Waals surface area contributed by atoms with E-state index in [1.54, 1.807) is 0 Å². The van der Waals surface area contributed by atoms with Gasteiger partial charge in [-0.25, -0.2) is 14.6 Å². The van der Waals surface area contributed by atoms with Crippen molar-refractivity contribution < 1.29 is 9.53 Å². The lowest BCUT2D eigenvalue weighted by Crippen LogP contribution is -2.43. The number of fused-ring (bicyclic) bond motifs is 1. The van der Waals surface area contributed by atoms with Gasteiger partial charge in [-0.05, 0) is 49.2 Å². The topological polar surface area (TPSA) is 99.2 Å². The summed E-state index contributed by atoms with van der Waals surface area (Å²) in [6, 6.07) is 17.4. The Balaban J connectivity index is 1.47. The average Bonchev–Trinajstić information content (AvgIpc) is 3.30. The van der Waals surface area contributed by atoms with Crippen LogP contribution in [0.2, 0.25) is 0 Å². The SMILES string of the molecule is CC(CBr)C(=O)N1CCC[C@@H](n2nc(-c3ccc(Oc4ccccc4)cc3)c3c(N)ncnc32)C1. The number of halogens is 1. The number of nitrogen functional groups attached to an aromatic ring is 1. The third kappa shape index (κ3) is 4.73. The molecule has 8 nitrogen and oxygen atoms in total. The second-order valence-corrected chi connectivity index (χ2v) is 9.47. The summed E-state index contributed by atoms with van der Waals surface area (Å²) >= 11 is 3.43. The number of carbonyl (C=O) groups excluding carboxylic acids is 1. The van der Waals surface area contributed by atoms with Crippen molar-refractivity contribution in [2.75, 3.05) is 24.2 Å². The van der Waals surface area contributed by atoms with Gasteiger partial charge in [-0.3, -0.25) is 4.79 Å². The maximum absolute atomic E-state index is 12.8. The third-order valence-corrected chi connectivity index (χ3v) is 7.30. The van der Waals surface area contributed by atoms with Crippen LogP contribution >= 0.6 is 15.9 Å². The van der Waals surface area contributed by atoms with Gasteiger partial charge in [0.25, 0.3) is 0 Å². The van der Waals surface area contributed by atoms with Crippen LogP contribution in [0.3, 0.4) is 0 Å². The molecule has 0 bridgehead atoms. The predicted molar refractivity (Wildman–Crippen MR) is 139 cm³/mol. The minimum atomic E-state index is -0.0618. The van der Waals surface area contributed by atoms with Crippen molar-refractivity contribution in [3.63, 3.8) is 0 Å². The molecule has 1 unspecified atom stereocenters. The van der Waals surface area contributed by atoms with Crippen LogP contribution in [0.25, 0.3) is 22.3 Å². The number of aromatic nitrogens is 4. The van der Waals surface area contributed by atoms with Crippen LogP contribution in [0.15, 0.2) is 60.9 Å². The number of carbonyl (C=O) groups is 1. The van der Waals surface area contributed by atoms with Crippen LogP contribution in [0.1, 0.15) is 25.8 Å². The van der Waals surface area contributed by atoms with Crippen molar-refractivity contribution >= 4 is 38.7 Å². The van der Waals surface area contributed by atoms with Crippen molar-refractivity contribution in [3.8, 4) is 22.8 Å². The molecule has 0 saturated carbocycles. The van der Waals surface area contributed by atoms with E-state index in [0.717, 1.165) is 47.5 Å². The summed E-state index contributed by atoms with van der Waals surface area (Å²) in [5, 5.41) is 6.33. The number of benzene rings is 2. The molecule has 0 radical (unpaired) electrons. The fraction of sp³-hybridized carbons (Fsp3) is 0.308. The Morgan fingerprint density at radius 3 is 2.63 bits per heavy atom. The molecule has 1 saturated heterocycles. The molecule has 0 aliphatic carbocycles. The summed E-state index contributed by atoms with van der Waals surface area (Å²) in [6.07, 6.45) is 3.29. The Labute approximate surface area is 212 Å². The number of para-hydroxylation sites is 1. The van der Waals surface area contributed by atoms with Crippen LogP contribution in [0.4, 0.5) is 5.82 Å². The normalized spacial score (nSPS) is 16.9. The molecular weight excluding hydrogens is 508 g/mol. The van der Waals surface area contributed by atoms with Crippen LogP contribution in [-0.4, -0.2) is 49.0 Å². The Bertz CT molecular complexity index is 1330. The third-order valence-electron chi connectivity index (χ3n) is 6.33. The molecule has 1 amide bonds. The summed E-state index contributed by atoms with van der Waals surface area (Å²) in [4.78, 5) is 23.5. The molecule has 1 aliphatic heterocycles. The first-order chi connectivity index (χ1) is 17.0. The van der Waals surface area contributed by atoms with E-state index >= 15 is 0 Å². The number of nitrogens with two attached hydrogens (primary N) is 1. The second-order valence-electron chi connectivity index (χ2n) is 8.83. The van der Waals surface area contributed by atoms with Crippen LogP contribution in [0, 0.1) is 5.92 Å². The molecule has 9 heteroatoms. The molecule has 2 atom stereocenters. The highest BCUT2D eigenvalue weighted by atomic mass is 79.9. The van der Waals surface area contributed by atoms with E-state index in [4.69, 9.17) is 15.6 Å². The van der Waals surface area contributed by atoms with Gasteiger partial charge in [0.2, 0.25) is 5.91 Å². The van der Waals surface area contributed by atoms with E-state index in [1.807, 2.05) is 71.1 Å². The minimum absolute atomic E-state index is 0.0152. The zero-order valence-corrected chi connectivity index (χ0v) is 21.1. The van der Waals surface area contributed by atoms with E-state index < -0.39 is 0 Å². The highest BCUT2D eigenvalue weighted by molar-refractivity contribution is 9.09. The first-order valence-corrected chi connectivity index (χ1v) is 12.8. The summed E-state index contributed by atoms with van der Waals surface area (Å²) in [5.41, 5.74) is 8.61. The van der Waals surface area contributed by atoms with Gasteiger partial charge in [0.1, 0.15) is 29.3 Å². The monoisotopic (exact) mass is 534 g/mol. The van der Waals surface area contributed by atoms with Crippen LogP contribution in [0.5, 0.6) is 11.5 Å². The van der Waals surface area contributed by atoms with E-state index in [-0.39, 0.29) is 17.9 Å². The van der Waals surface area contributed by atoms with Crippen molar-refractivity contribution in [1.82, 2.24) is 24.6 Å². The molecule has 1 aliphatic rings. The van der Waals surface area contributed by atoms with E-state index in [0.29, 0.717) is 23.3 Å². The fourth-order valence-electron chi connectivity index (χ4n) is 4.49. The minimum Gasteiger partial charge on any atom is -0.457 e. The van der Waals surface area contributed by atoms with Gasteiger partial charge in [0.15, 0.2) is 5.65 Å². The van der Waals surface area contributed by atoms with Gasteiger partial charge in [0.05, 0.1) is 11.4 Å². The molecule has 180 valence electrons. The largest absolute Gasteiger partial charge is 0.457 e. The Kier molecular flexibility index (Phi) is 6.68.